The van der Waals surface area contributed by atoms with Gasteiger partial charge in [0.05, 0.1) is 51.6 Å². The predicted octanol–water partition coefficient (Wildman–Crippen LogP) is 14.3. The first kappa shape index (κ1) is 68.2. The molecule has 100 heavy (non-hydrogen) atoms. The normalized spacial score (nSPS) is 12.8. The quantitative estimate of drug-likeness (QED) is 0.00856. The summed E-state index contributed by atoms with van der Waals surface area (Å²) in [6.07, 6.45) is 0. The molecule has 4 aliphatic rings. The number of carbonyl (C=O) groups excluding carboxylic acids is 4. The first-order chi connectivity index (χ1) is 48.1. The van der Waals surface area contributed by atoms with Gasteiger partial charge in [-0.2, -0.15) is 0 Å². The van der Waals surface area contributed by atoms with Gasteiger partial charge in [-0.1, -0.05) is 115 Å². The SMILES string of the molecule is CN(C)c1ccc(C(=O)c2ccccc2C(=O)O)c(O)c1.CN(C)c1ccc2c(c1)Oc1c(ccc3cccc(O)c13)C21OC(=O)c2ccccc21.COC(=O)c1ccccc1-c1c2ccc(=[N+](C)C)cc-2oc2c1ccc1cccc(O)c12.O=COO.Oc1cccc2cccc(O)c12. The molecule has 1 spiro atoms. The number of aromatic carboxylic acids is 1. The third kappa shape index (κ3) is 12.9. The van der Waals surface area contributed by atoms with Gasteiger partial charge in [0, 0.05) is 96.5 Å². The summed E-state index contributed by atoms with van der Waals surface area (Å²) in [6.45, 7) is -0.0694. The number of ketones is 1. The monoisotopic (exact) mass is 1340 g/mol. The van der Waals surface area contributed by atoms with E-state index in [2.05, 4.69) is 4.89 Å². The van der Waals surface area contributed by atoms with Crippen molar-refractivity contribution in [1.82, 2.24) is 4.58 Å². The summed E-state index contributed by atoms with van der Waals surface area (Å²) < 4.78 is 26.1. The number of hydrogen-bond donors (Lipinski definition) is 7. The summed E-state index contributed by atoms with van der Waals surface area (Å²) in [6, 6.07) is 66.1. The highest BCUT2D eigenvalue weighted by Crippen LogP contribution is 2.59. The highest BCUT2D eigenvalue weighted by molar-refractivity contribution is 6.17. The van der Waals surface area contributed by atoms with E-state index < -0.39 is 23.3 Å². The van der Waals surface area contributed by atoms with Crippen molar-refractivity contribution in [3.63, 3.8) is 0 Å². The molecule has 7 N–H and O–H groups in total. The molecule has 3 aliphatic heterocycles. The van der Waals surface area contributed by atoms with Gasteiger partial charge in [-0.25, -0.2) is 24.2 Å². The number of ether oxygens (including phenoxy) is 3. The second-order valence-electron chi connectivity index (χ2n) is 23.6. The van der Waals surface area contributed by atoms with Gasteiger partial charge in [0.1, 0.15) is 65.7 Å². The summed E-state index contributed by atoms with van der Waals surface area (Å²) in [4.78, 5) is 64.5. The standard InChI is InChI=1S/C27H21NO4.C26H19NO4.C16H15NO4.C10H8O2.CH2O3/c1-28(2)17-12-14-20-23(15-17)32-26-21(13-11-16-7-6-10-22(29)24(16)26)25(20)18-8-4-5-9-19(18)27(30)31-3;1-27(2)16-11-13-19-22(14-16)30-24-20(12-10-15-6-5-9-21(28)23(15)24)26(19)18-8-4-3-7-17(18)25(29)31-26;1-17(2)10-7-8-13(14(18)9-10)15(19)11-5-3-4-6-12(11)16(20)21;11-8-5-1-3-7-4-2-6-9(12)10(7)8;2-1-4-3/h4-15H,1-3H3;3-14,28H,1-2H3;3-9,18H,1-2H3,(H,20,21);1-6,11-12H;1,3H/p+1. The lowest BCUT2D eigenvalue weighted by Gasteiger charge is -2.37. The van der Waals surface area contributed by atoms with Crippen LogP contribution in [0.2, 0.25) is 0 Å². The average Bonchev–Trinajstić information content (AvgIpc) is 1.27. The molecule has 20 nitrogen and oxygen atoms in total. The van der Waals surface area contributed by atoms with Crippen LogP contribution >= 0.6 is 0 Å². The van der Waals surface area contributed by atoms with E-state index in [0.29, 0.717) is 55.7 Å². The van der Waals surface area contributed by atoms with Crippen LogP contribution in [-0.2, 0) is 24.8 Å². The number of carboxylic acid groups (broad SMARTS) is 1. The Bertz CT molecular complexity index is 5390. The minimum absolute atomic E-state index is 0.0536. The van der Waals surface area contributed by atoms with Crippen molar-refractivity contribution in [1.29, 1.82) is 0 Å². The number of fused-ring (bicyclic) bond motifs is 13. The number of hydrogen-bond acceptors (Lipinski definition) is 18. The van der Waals surface area contributed by atoms with E-state index in [1.807, 2.05) is 179 Å². The number of phenols is 5. The lowest BCUT2D eigenvalue weighted by molar-refractivity contribution is -0.217. The van der Waals surface area contributed by atoms with Crippen LogP contribution in [0.25, 0.3) is 65.7 Å². The van der Waals surface area contributed by atoms with Gasteiger partial charge in [0.25, 0.3) is 0 Å². The molecule has 0 radical (unpaired) electrons. The molecule has 0 bridgehead atoms. The minimum Gasteiger partial charge on any atom is -0.507 e. The van der Waals surface area contributed by atoms with E-state index in [1.54, 1.807) is 77.7 Å². The number of carbonyl (C=O) groups is 5. The summed E-state index contributed by atoms with van der Waals surface area (Å²) in [7, 11) is 12.9. The summed E-state index contributed by atoms with van der Waals surface area (Å²) in [5.74, 6) is -0.389. The topological polar surface area (TPSA) is 287 Å². The molecule has 502 valence electrons. The molecule has 0 fully saturated rings. The van der Waals surface area contributed by atoms with Gasteiger partial charge < -0.3 is 64.0 Å². The maximum Gasteiger partial charge on any atom is 0.340 e. The van der Waals surface area contributed by atoms with Crippen molar-refractivity contribution < 1.29 is 83.4 Å². The van der Waals surface area contributed by atoms with Gasteiger partial charge in [0.15, 0.2) is 11.4 Å². The molecule has 15 rings (SSSR count). The van der Waals surface area contributed by atoms with E-state index in [-0.39, 0.29) is 57.9 Å². The molecule has 1 unspecified atom stereocenters. The Morgan fingerprint density at radius 1 is 0.510 bits per heavy atom. The molecule has 3 heterocycles. The maximum absolute atomic E-state index is 12.9. The predicted molar refractivity (Wildman–Crippen MR) is 380 cm³/mol. The molecule has 0 saturated heterocycles. The zero-order chi connectivity index (χ0) is 71.3. The van der Waals surface area contributed by atoms with Crippen molar-refractivity contribution in [2.45, 2.75) is 5.60 Å². The van der Waals surface area contributed by atoms with Gasteiger partial charge in [-0.3, -0.25) is 9.59 Å². The Kier molecular flexibility index (Phi) is 19.5. The van der Waals surface area contributed by atoms with Gasteiger partial charge in [-0.15, -0.1) is 0 Å². The molecular formula is C80H66N3O17+. The Balaban J connectivity index is 0.000000138. The average molecular weight is 1340 g/mol. The number of phenolic OH excluding ortho intramolecular Hbond substituents is 5. The lowest BCUT2D eigenvalue weighted by Crippen LogP contribution is -2.33. The van der Waals surface area contributed by atoms with Crippen molar-refractivity contribution in [2.75, 3.05) is 59.2 Å². The molecule has 1 aliphatic carbocycles. The third-order valence-corrected chi connectivity index (χ3v) is 17.1. The third-order valence-electron chi connectivity index (χ3n) is 17.1. The number of carboxylic acids is 1. The van der Waals surface area contributed by atoms with Crippen molar-refractivity contribution in [3.05, 3.63) is 274 Å². The van der Waals surface area contributed by atoms with Crippen LogP contribution in [0.15, 0.2) is 229 Å². The molecule has 0 saturated carbocycles. The number of esters is 2. The van der Waals surface area contributed by atoms with E-state index in [1.165, 1.54) is 31.4 Å². The van der Waals surface area contributed by atoms with E-state index in [9.17, 15) is 44.7 Å². The van der Waals surface area contributed by atoms with E-state index >= 15 is 0 Å². The number of methoxy groups -OCH3 is 1. The number of nitrogens with zero attached hydrogens (tertiary/aromatic N) is 3. The first-order valence-corrected chi connectivity index (χ1v) is 31.0. The lowest BCUT2D eigenvalue weighted by atomic mass is 9.77. The van der Waals surface area contributed by atoms with Gasteiger partial charge >= 0.3 is 24.4 Å². The van der Waals surface area contributed by atoms with Crippen LogP contribution < -0.4 is 24.5 Å². The van der Waals surface area contributed by atoms with Crippen LogP contribution in [0.3, 0.4) is 0 Å². The molecule has 20 heteroatoms. The first-order valence-electron chi connectivity index (χ1n) is 31.0. The highest BCUT2D eigenvalue weighted by Gasteiger charge is 2.54. The van der Waals surface area contributed by atoms with Crippen LogP contribution in [0.4, 0.5) is 11.4 Å². The summed E-state index contributed by atoms with van der Waals surface area (Å²) >= 11 is 0. The number of aromatic hydroxyl groups is 5. The Morgan fingerprint density at radius 2 is 1.04 bits per heavy atom. The second kappa shape index (κ2) is 28.6. The van der Waals surface area contributed by atoms with Gasteiger partial charge in [-0.05, 0) is 107 Å². The smallest absolute Gasteiger partial charge is 0.340 e. The van der Waals surface area contributed by atoms with Crippen LogP contribution in [0.1, 0.15) is 63.7 Å². The molecule has 0 amide bonds. The van der Waals surface area contributed by atoms with Crippen molar-refractivity contribution in [2.24, 2.45) is 0 Å². The van der Waals surface area contributed by atoms with E-state index in [0.717, 1.165) is 66.1 Å². The number of rotatable bonds is 8. The fourth-order valence-corrected chi connectivity index (χ4v) is 12.3. The van der Waals surface area contributed by atoms with E-state index in [4.69, 9.17) is 33.8 Å². The Hall–Kier alpha value is -13.2. The van der Waals surface area contributed by atoms with Crippen LogP contribution in [0, 0.1) is 0 Å². The molecule has 0 aromatic heterocycles. The highest BCUT2D eigenvalue weighted by atomic mass is 17.1. The largest absolute Gasteiger partial charge is 0.507 e. The Labute approximate surface area is 572 Å². The van der Waals surface area contributed by atoms with Crippen LogP contribution in [0.5, 0.6) is 40.2 Å². The zero-order valence-corrected chi connectivity index (χ0v) is 55.0. The molecule has 1 atom stereocenters. The fraction of sp³-hybridized carbons (Fsp3) is 0.100. The minimum atomic E-state index is -1.18. The molecule has 11 aromatic rings. The van der Waals surface area contributed by atoms with Gasteiger partial charge in [0.2, 0.25) is 5.36 Å². The van der Waals surface area contributed by atoms with Crippen molar-refractivity contribution >= 4 is 84.8 Å². The summed E-state index contributed by atoms with van der Waals surface area (Å²) in [5.41, 5.74) is 6.90. The van der Waals surface area contributed by atoms with Crippen molar-refractivity contribution in [3.8, 4) is 62.7 Å². The maximum atomic E-state index is 12.9. The second-order valence-corrected chi connectivity index (χ2v) is 23.6. The zero-order valence-electron chi connectivity index (χ0n) is 55.0. The molecular weight excluding hydrogens is 1270 g/mol. The number of benzene rings is 12. The summed E-state index contributed by atoms with van der Waals surface area (Å²) in [5, 5.41) is 72.4. The number of anilines is 2. The van der Waals surface area contributed by atoms with Crippen LogP contribution in [-0.4, -0.2) is 115 Å². The fourth-order valence-electron chi connectivity index (χ4n) is 12.3. The Morgan fingerprint density at radius 3 is 1.63 bits per heavy atom. The molecule has 11 aromatic carbocycles.